The second kappa shape index (κ2) is 10.5. The van der Waals surface area contributed by atoms with Gasteiger partial charge in [0, 0.05) is 45.2 Å². The molecule has 0 fully saturated rings. The second-order valence-electron chi connectivity index (χ2n) is 6.99. The van der Waals surface area contributed by atoms with E-state index in [0.717, 1.165) is 37.5 Å². The molecule has 0 unspecified atom stereocenters. The van der Waals surface area contributed by atoms with Crippen LogP contribution < -0.4 is 4.74 Å². The number of rotatable bonds is 10. The van der Waals surface area contributed by atoms with Crippen molar-refractivity contribution in [1.82, 2.24) is 9.47 Å². The molecule has 5 nitrogen and oxygen atoms in total. The number of ether oxygens (including phenoxy) is 2. The van der Waals surface area contributed by atoms with Gasteiger partial charge < -0.3 is 14.0 Å². The van der Waals surface area contributed by atoms with Gasteiger partial charge in [-0.2, -0.15) is 5.26 Å². The third kappa shape index (κ3) is 5.95. The molecule has 29 heavy (non-hydrogen) atoms. The lowest BCUT2D eigenvalue weighted by molar-refractivity contribution is 0.138. The third-order valence-electron chi connectivity index (χ3n) is 4.87. The van der Waals surface area contributed by atoms with Crippen molar-refractivity contribution in [3.63, 3.8) is 0 Å². The number of methoxy groups -OCH3 is 2. The Morgan fingerprint density at radius 1 is 0.966 bits per heavy atom. The molecule has 3 aromatic rings. The van der Waals surface area contributed by atoms with E-state index in [0.29, 0.717) is 12.2 Å². The van der Waals surface area contributed by atoms with Crippen molar-refractivity contribution >= 4 is 0 Å². The molecule has 1 aromatic heterocycles. The van der Waals surface area contributed by atoms with E-state index in [4.69, 9.17) is 14.7 Å². The molecule has 0 saturated carbocycles. The molecule has 2 aromatic carbocycles. The highest BCUT2D eigenvalue weighted by atomic mass is 16.5. The zero-order chi connectivity index (χ0) is 20.5. The quantitative estimate of drug-likeness (QED) is 0.525. The molecule has 0 aliphatic carbocycles. The van der Waals surface area contributed by atoms with E-state index in [1.807, 2.05) is 30.3 Å². The van der Waals surface area contributed by atoms with Gasteiger partial charge in [-0.15, -0.1) is 0 Å². The molecule has 3 rings (SSSR count). The average molecular weight is 389 g/mol. The zero-order valence-electron chi connectivity index (χ0n) is 17.0. The van der Waals surface area contributed by atoms with E-state index >= 15 is 0 Å². The normalized spacial score (nSPS) is 10.8. The maximum Gasteiger partial charge on any atom is 0.119 e. The highest BCUT2D eigenvalue weighted by Crippen LogP contribution is 2.17. The average Bonchev–Trinajstić information content (AvgIpc) is 3.18. The molecule has 0 amide bonds. The van der Waals surface area contributed by atoms with E-state index in [-0.39, 0.29) is 0 Å². The van der Waals surface area contributed by atoms with Crippen LogP contribution >= 0.6 is 0 Å². The Hall–Kier alpha value is -3.07. The van der Waals surface area contributed by atoms with Crippen LogP contribution in [-0.2, 0) is 24.4 Å². The molecule has 0 aliphatic heterocycles. The first kappa shape index (κ1) is 20.7. The number of nitriles is 1. The van der Waals surface area contributed by atoms with Gasteiger partial charge in [-0.05, 0) is 47.5 Å². The van der Waals surface area contributed by atoms with E-state index in [1.165, 1.54) is 11.3 Å². The van der Waals surface area contributed by atoms with Crippen LogP contribution in [0.2, 0.25) is 0 Å². The van der Waals surface area contributed by atoms with Crippen molar-refractivity contribution in [3.8, 4) is 11.8 Å². The summed E-state index contributed by atoms with van der Waals surface area (Å²) >= 11 is 0. The molecule has 0 bridgehead atoms. The van der Waals surface area contributed by atoms with Gasteiger partial charge in [0.25, 0.3) is 0 Å². The predicted octanol–water partition coefficient (Wildman–Crippen LogP) is 4.07. The Morgan fingerprint density at radius 3 is 2.59 bits per heavy atom. The highest BCUT2D eigenvalue weighted by molar-refractivity contribution is 5.33. The monoisotopic (exact) mass is 389 g/mol. The molecule has 0 aliphatic rings. The van der Waals surface area contributed by atoms with Crippen LogP contribution in [0.25, 0.3) is 0 Å². The minimum Gasteiger partial charge on any atom is -0.497 e. The van der Waals surface area contributed by atoms with Crippen LogP contribution in [0.1, 0.15) is 22.4 Å². The fourth-order valence-electron chi connectivity index (χ4n) is 3.38. The first-order valence-electron chi connectivity index (χ1n) is 9.69. The van der Waals surface area contributed by atoms with Crippen LogP contribution in [0.15, 0.2) is 66.9 Å². The summed E-state index contributed by atoms with van der Waals surface area (Å²) in [4.78, 5) is 2.34. The second-order valence-corrected chi connectivity index (χ2v) is 6.99. The molecule has 0 N–H and O–H groups in total. The molecule has 150 valence electrons. The van der Waals surface area contributed by atoms with Gasteiger partial charge in [0.2, 0.25) is 0 Å². The summed E-state index contributed by atoms with van der Waals surface area (Å²) in [5, 5.41) is 9.16. The Kier molecular flexibility index (Phi) is 7.46. The summed E-state index contributed by atoms with van der Waals surface area (Å²) in [6.45, 7) is 3.84. The summed E-state index contributed by atoms with van der Waals surface area (Å²) in [6, 6.07) is 22.4. The van der Waals surface area contributed by atoms with E-state index in [2.05, 4.69) is 52.1 Å². The lowest BCUT2D eigenvalue weighted by atomic mass is 10.1. The smallest absolute Gasteiger partial charge is 0.119 e. The van der Waals surface area contributed by atoms with Gasteiger partial charge in [0.15, 0.2) is 0 Å². The number of benzene rings is 2. The maximum atomic E-state index is 9.16. The Balaban J connectivity index is 1.74. The summed E-state index contributed by atoms with van der Waals surface area (Å²) in [5.74, 6) is 0.871. The number of aromatic nitrogens is 1. The van der Waals surface area contributed by atoms with Crippen molar-refractivity contribution in [2.75, 3.05) is 27.4 Å². The molecule has 5 heteroatoms. The van der Waals surface area contributed by atoms with Crippen molar-refractivity contribution in [1.29, 1.82) is 5.26 Å². The molecular weight excluding hydrogens is 362 g/mol. The number of hydrogen-bond acceptors (Lipinski definition) is 4. The SMILES string of the molecule is COCCN(Cc1cccc(C#N)c1)Cc1cccn1Cc1cccc(OC)c1. The molecule has 0 saturated heterocycles. The molecule has 1 heterocycles. The van der Waals surface area contributed by atoms with Crippen LogP contribution in [0, 0.1) is 11.3 Å². The molecular formula is C24H27N3O2. The van der Waals surface area contributed by atoms with Crippen LogP contribution in [0.5, 0.6) is 5.75 Å². The summed E-state index contributed by atoms with van der Waals surface area (Å²) in [7, 11) is 3.41. The van der Waals surface area contributed by atoms with Crippen molar-refractivity contribution < 1.29 is 9.47 Å². The van der Waals surface area contributed by atoms with Crippen LogP contribution in [-0.4, -0.2) is 36.8 Å². The predicted molar refractivity (Wildman–Crippen MR) is 114 cm³/mol. The van der Waals surface area contributed by atoms with Gasteiger partial charge in [-0.1, -0.05) is 24.3 Å². The minimum atomic E-state index is 0.661. The Morgan fingerprint density at radius 2 is 1.79 bits per heavy atom. The van der Waals surface area contributed by atoms with Gasteiger partial charge in [0.1, 0.15) is 5.75 Å². The first-order valence-corrected chi connectivity index (χ1v) is 9.69. The van der Waals surface area contributed by atoms with Crippen molar-refractivity contribution in [3.05, 3.63) is 89.2 Å². The minimum absolute atomic E-state index is 0.661. The molecule has 0 radical (unpaired) electrons. The van der Waals surface area contributed by atoms with E-state index in [9.17, 15) is 0 Å². The zero-order valence-corrected chi connectivity index (χ0v) is 17.0. The van der Waals surface area contributed by atoms with Crippen molar-refractivity contribution in [2.24, 2.45) is 0 Å². The lowest BCUT2D eigenvalue weighted by Crippen LogP contribution is -2.27. The standard InChI is InChI=1S/C24H27N3O2/c1-28-13-12-26(17-21-7-3-6-20(14-21)16-25)19-23-9-5-11-27(23)18-22-8-4-10-24(15-22)29-2/h3-11,14-15H,12-13,17-19H2,1-2H3. The van der Waals surface area contributed by atoms with Crippen LogP contribution in [0.4, 0.5) is 0 Å². The van der Waals surface area contributed by atoms with Gasteiger partial charge in [-0.3, -0.25) is 4.90 Å². The third-order valence-corrected chi connectivity index (χ3v) is 4.87. The Bertz CT molecular complexity index is 959. The van der Waals surface area contributed by atoms with Gasteiger partial charge >= 0.3 is 0 Å². The largest absolute Gasteiger partial charge is 0.497 e. The van der Waals surface area contributed by atoms with Crippen molar-refractivity contribution in [2.45, 2.75) is 19.6 Å². The highest BCUT2D eigenvalue weighted by Gasteiger charge is 2.11. The maximum absolute atomic E-state index is 9.16. The fourth-order valence-corrected chi connectivity index (χ4v) is 3.38. The summed E-state index contributed by atoms with van der Waals surface area (Å²) < 4.78 is 12.9. The van der Waals surface area contributed by atoms with Gasteiger partial charge in [0.05, 0.1) is 25.3 Å². The van der Waals surface area contributed by atoms with Gasteiger partial charge in [-0.25, -0.2) is 0 Å². The Labute approximate surface area is 172 Å². The number of hydrogen-bond donors (Lipinski definition) is 0. The lowest BCUT2D eigenvalue weighted by Gasteiger charge is -2.23. The summed E-state index contributed by atoms with van der Waals surface area (Å²) in [5.41, 5.74) is 4.26. The first-order chi connectivity index (χ1) is 14.2. The molecule has 0 spiro atoms. The topological polar surface area (TPSA) is 50.4 Å². The van der Waals surface area contributed by atoms with E-state index < -0.39 is 0 Å². The summed E-state index contributed by atoms with van der Waals surface area (Å²) in [6.07, 6.45) is 2.11. The van der Waals surface area contributed by atoms with E-state index in [1.54, 1.807) is 14.2 Å². The fraction of sp³-hybridized carbons (Fsp3) is 0.292. The molecule has 0 atom stereocenters. The number of nitrogens with zero attached hydrogens (tertiary/aromatic N) is 3. The van der Waals surface area contributed by atoms with Crippen LogP contribution in [0.3, 0.4) is 0 Å².